The van der Waals surface area contributed by atoms with Crippen molar-refractivity contribution in [1.29, 1.82) is 0 Å². The minimum absolute atomic E-state index is 0.0321. The molecule has 0 unspecified atom stereocenters. The standard InChI is InChI=1S/C15H20N2O2/c1-11(10-12-6-3-2-4-7-12)17-15(19)13-8-5-9-16-14(13)18/h2-4,6-7,11,13H,5,8-10H2,1H3,(H,16,18)(H,17,19)/t11-,13+/m0/s1. The van der Waals surface area contributed by atoms with Gasteiger partial charge in [-0.25, -0.2) is 0 Å². The van der Waals surface area contributed by atoms with Crippen LogP contribution in [-0.2, 0) is 16.0 Å². The molecule has 1 aliphatic heterocycles. The highest BCUT2D eigenvalue weighted by Gasteiger charge is 2.29. The second-order valence-electron chi connectivity index (χ2n) is 5.09. The Morgan fingerprint density at radius 2 is 2.16 bits per heavy atom. The van der Waals surface area contributed by atoms with Gasteiger partial charge in [-0.15, -0.1) is 0 Å². The van der Waals surface area contributed by atoms with Crippen molar-refractivity contribution < 1.29 is 9.59 Å². The van der Waals surface area contributed by atoms with Gasteiger partial charge in [-0.2, -0.15) is 0 Å². The molecule has 0 spiro atoms. The van der Waals surface area contributed by atoms with Crippen molar-refractivity contribution in [3.8, 4) is 0 Å². The van der Waals surface area contributed by atoms with Crippen LogP contribution >= 0.6 is 0 Å². The first-order chi connectivity index (χ1) is 9.16. The fourth-order valence-corrected chi connectivity index (χ4v) is 2.38. The maximum Gasteiger partial charge on any atom is 0.232 e. The van der Waals surface area contributed by atoms with E-state index in [0.29, 0.717) is 13.0 Å². The second kappa shape index (κ2) is 6.36. The largest absolute Gasteiger partial charge is 0.355 e. The number of hydrogen-bond donors (Lipinski definition) is 2. The van der Waals surface area contributed by atoms with Crippen LogP contribution in [0.15, 0.2) is 30.3 Å². The van der Waals surface area contributed by atoms with E-state index in [2.05, 4.69) is 10.6 Å². The summed E-state index contributed by atoms with van der Waals surface area (Å²) in [5.41, 5.74) is 1.18. The summed E-state index contributed by atoms with van der Waals surface area (Å²) in [5.74, 6) is -0.816. The third kappa shape index (κ3) is 3.81. The van der Waals surface area contributed by atoms with E-state index in [1.54, 1.807) is 0 Å². The van der Waals surface area contributed by atoms with Gasteiger partial charge < -0.3 is 10.6 Å². The van der Waals surface area contributed by atoms with Crippen molar-refractivity contribution in [1.82, 2.24) is 10.6 Å². The van der Waals surface area contributed by atoms with Crippen LogP contribution in [0.4, 0.5) is 0 Å². The molecule has 1 fully saturated rings. The van der Waals surface area contributed by atoms with E-state index in [0.717, 1.165) is 12.8 Å². The molecule has 0 radical (unpaired) electrons. The Labute approximate surface area is 113 Å². The molecule has 4 nitrogen and oxygen atoms in total. The van der Waals surface area contributed by atoms with Crippen LogP contribution in [0.1, 0.15) is 25.3 Å². The molecule has 0 saturated carbocycles. The molecular weight excluding hydrogens is 240 g/mol. The molecule has 1 aromatic carbocycles. The number of hydrogen-bond acceptors (Lipinski definition) is 2. The Morgan fingerprint density at radius 1 is 1.42 bits per heavy atom. The SMILES string of the molecule is C[C@@H](Cc1ccccc1)NC(=O)[C@@H]1CCCNC1=O. The first-order valence-corrected chi connectivity index (χ1v) is 6.79. The van der Waals surface area contributed by atoms with Gasteiger partial charge in [0.25, 0.3) is 0 Å². The number of carbonyl (C=O) groups excluding carboxylic acids is 2. The molecule has 0 aliphatic carbocycles. The van der Waals surface area contributed by atoms with E-state index < -0.39 is 5.92 Å². The summed E-state index contributed by atoms with van der Waals surface area (Å²) in [7, 11) is 0. The van der Waals surface area contributed by atoms with Crippen molar-refractivity contribution in [3.63, 3.8) is 0 Å². The third-order valence-electron chi connectivity index (χ3n) is 3.38. The lowest BCUT2D eigenvalue weighted by atomic mass is 9.97. The van der Waals surface area contributed by atoms with E-state index in [1.165, 1.54) is 5.56 Å². The Kier molecular flexibility index (Phi) is 4.55. The fourth-order valence-electron chi connectivity index (χ4n) is 2.38. The third-order valence-corrected chi connectivity index (χ3v) is 3.38. The van der Waals surface area contributed by atoms with Crippen LogP contribution in [0.25, 0.3) is 0 Å². The molecule has 19 heavy (non-hydrogen) atoms. The predicted octanol–water partition coefficient (Wildman–Crippen LogP) is 1.26. The van der Waals surface area contributed by atoms with Crippen molar-refractivity contribution >= 4 is 11.8 Å². The molecular formula is C15H20N2O2. The Hall–Kier alpha value is -1.84. The van der Waals surface area contributed by atoms with Crippen LogP contribution in [0.2, 0.25) is 0 Å². The zero-order valence-corrected chi connectivity index (χ0v) is 11.2. The summed E-state index contributed by atoms with van der Waals surface area (Å²) in [6, 6.07) is 10.0. The zero-order chi connectivity index (χ0) is 13.7. The van der Waals surface area contributed by atoms with Crippen LogP contribution in [0.5, 0.6) is 0 Å². The van der Waals surface area contributed by atoms with Gasteiger partial charge in [0.1, 0.15) is 5.92 Å². The molecule has 1 heterocycles. The van der Waals surface area contributed by atoms with Crippen LogP contribution in [-0.4, -0.2) is 24.4 Å². The number of piperidine rings is 1. The van der Waals surface area contributed by atoms with E-state index in [-0.39, 0.29) is 17.9 Å². The van der Waals surface area contributed by atoms with Gasteiger partial charge in [0.15, 0.2) is 0 Å². The van der Waals surface area contributed by atoms with E-state index in [4.69, 9.17) is 0 Å². The Balaban J connectivity index is 1.86. The molecule has 2 N–H and O–H groups in total. The highest BCUT2D eigenvalue weighted by molar-refractivity contribution is 6.00. The minimum Gasteiger partial charge on any atom is -0.355 e. The first-order valence-electron chi connectivity index (χ1n) is 6.79. The lowest BCUT2D eigenvalue weighted by Crippen LogP contribution is -2.47. The molecule has 2 rings (SSSR count). The van der Waals surface area contributed by atoms with Gasteiger partial charge in [-0.1, -0.05) is 30.3 Å². The van der Waals surface area contributed by atoms with Gasteiger partial charge in [-0.05, 0) is 31.7 Å². The normalized spacial score (nSPS) is 20.5. The summed E-state index contributed by atoms with van der Waals surface area (Å²) in [5, 5.41) is 5.66. The molecule has 4 heteroatoms. The molecule has 1 aliphatic rings. The molecule has 102 valence electrons. The van der Waals surface area contributed by atoms with Gasteiger partial charge in [-0.3, -0.25) is 9.59 Å². The monoisotopic (exact) mass is 260 g/mol. The number of carbonyl (C=O) groups is 2. The van der Waals surface area contributed by atoms with E-state index >= 15 is 0 Å². The van der Waals surface area contributed by atoms with Crippen molar-refractivity contribution in [2.45, 2.75) is 32.2 Å². The van der Waals surface area contributed by atoms with Crippen molar-refractivity contribution in [2.75, 3.05) is 6.54 Å². The average Bonchev–Trinajstić information content (AvgIpc) is 2.40. The Morgan fingerprint density at radius 3 is 2.84 bits per heavy atom. The van der Waals surface area contributed by atoms with Gasteiger partial charge >= 0.3 is 0 Å². The molecule has 2 amide bonds. The molecule has 1 saturated heterocycles. The van der Waals surface area contributed by atoms with Gasteiger partial charge in [0, 0.05) is 12.6 Å². The van der Waals surface area contributed by atoms with Crippen LogP contribution in [0, 0.1) is 5.92 Å². The maximum absolute atomic E-state index is 12.0. The number of nitrogens with one attached hydrogen (secondary N) is 2. The predicted molar refractivity (Wildman–Crippen MR) is 73.5 cm³/mol. The first kappa shape index (κ1) is 13.6. The number of rotatable bonds is 4. The van der Waals surface area contributed by atoms with E-state index in [9.17, 15) is 9.59 Å². The minimum atomic E-state index is -0.521. The van der Waals surface area contributed by atoms with Crippen LogP contribution < -0.4 is 10.6 Å². The number of benzene rings is 1. The molecule has 1 aromatic rings. The quantitative estimate of drug-likeness (QED) is 0.801. The van der Waals surface area contributed by atoms with Gasteiger partial charge in [0.2, 0.25) is 11.8 Å². The summed E-state index contributed by atoms with van der Waals surface area (Å²) in [4.78, 5) is 23.6. The second-order valence-corrected chi connectivity index (χ2v) is 5.09. The summed E-state index contributed by atoms with van der Waals surface area (Å²) >= 11 is 0. The van der Waals surface area contributed by atoms with Crippen molar-refractivity contribution in [2.24, 2.45) is 5.92 Å². The zero-order valence-electron chi connectivity index (χ0n) is 11.2. The Bertz CT molecular complexity index is 445. The van der Waals surface area contributed by atoms with Crippen LogP contribution in [0.3, 0.4) is 0 Å². The lowest BCUT2D eigenvalue weighted by Gasteiger charge is -2.23. The smallest absolute Gasteiger partial charge is 0.232 e. The molecule has 0 bridgehead atoms. The molecule has 2 atom stereocenters. The topological polar surface area (TPSA) is 58.2 Å². The highest BCUT2D eigenvalue weighted by atomic mass is 16.2. The lowest BCUT2D eigenvalue weighted by molar-refractivity contribution is -0.137. The average molecular weight is 260 g/mol. The van der Waals surface area contributed by atoms with Gasteiger partial charge in [0.05, 0.1) is 0 Å². The number of amides is 2. The van der Waals surface area contributed by atoms with E-state index in [1.807, 2.05) is 37.3 Å². The summed E-state index contributed by atoms with van der Waals surface area (Å²) < 4.78 is 0. The van der Waals surface area contributed by atoms with Crippen molar-refractivity contribution in [3.05, 3.63) is 35.9 Å². The maximum atomic E-state index is 12.0. The summed E-state index contributed by atoms with van der Waals surface area (Å²) in [6.45, 7) is 2.65. The highest BCUT2D eigenvalue weighted by Crippen LogP contribution is 2.12. The summed E-state index contributed by atoms with van der Waals surface area (Å²) in [6.07, 6.45) is 2.30. The molecule has 0 aromatic heterocycles. The fraction of sp³-hybridized carbons (Fsp3) is 0.467.